The van der Waals surface area contributed by atoms with Crippen molar-refractivity contribution in [1.82, 2.24) is 9.80 Å². The Labute approximate surface area is 136 Å². The second-order valence-corrected chi connectivity index (χ2v) is 5.93. The third kappa shape index (κ3) is 5.56. The van der Waals surface area contributed by atoms with Gasteiger partial charge in [-0.05, 0) is 24.9 Å². The first-order valence-electron chi connectivity index (χ1n) is 7.94. The van der Waals surface area contributed by atoms with Crippen LogP contribution in [0.4, 0.5) is 4.79 Å². The third-order valence-corrected chi connectivity index (χ3v) is 4.09. The molecule has 1 atom stereocenters. The van der Waals surface area contributed by atoms with E-state index in [1.165, 1.54) is 4.90 Å². The smallest absolute Gasteiger partial charge is 0.409 e. The van der Waals surface area contributed by atoms with Crippen LogP contribution in [0.25, 0.3) is 0 Å². The van der Waals surface area contributed by atoms with Crippen LogP contribution < -0.4 is 0 Å². The fourth-order valence-electron chi connectivity index (χ4n) is 2.87. The third-order valence-electron chi connectivity index (χ3n) is 4.09. The van der Waals surface area contributed by atoms with Crippen molar-refractivity contribution < 1.29 is 19.4 Å². The van der Waals surface area contributed by atoms with Crippen LogP contribution in [0.15, 0.2) is 30.3 Å². The highest BCUT2D eigenvalue weighted by Crippen LogP contribution is 2.17. The summed E-state index contributed by atoms with van der Waals surface area (Å²) in [6.07, 6.45) is 2.60. The number of piperidine rings is 1. The highest BCUT2D eigenvalue weighted by atomic mass is 16.6. The second kappa shape index (κ2) is 8.53. The minimum Gasteiger partial charge on any atom is -0.480 e. The minimum absolute atomic E-state index is 0.0254. The van der Waals surface area contributed by atoms with Crippen LogP contribution in [0.1, 0.15) is 24.8 Å². The van der Waals surface area contributed by atoms with Crippen LogP contribution in [-0.2, 0) is 16.1 Å². The van der Waals surface area contributed by atoms with E-state index in [1.807, 2.05) is 35.2 Å². The van der Waals surface area contributed by atoms with Crippen molar-refractivity contribution in [3.8, 4) is 0 Å². The van der Waals surface area contributed by atoms with E-state index in [0.29, 0.717) is 6.54 Å². The van der Waals surface area contributed by atoms with Gasteiger partial charge in [-0.15, -0.1) is 0 Å². The molecule has 1 aliphatic heterocycles. The van der Waals surface area contributed by atoms with Crippen molar-refractivity contribution in [3.63, 3.8) is 0 Å². The van der Waals surface area contributed by atoms with Gasteiger partial charge >= 0.3 is 12.1 Å². The van der Waals surface area contributed by atoms with Gasteiger partial charge in [-0.25, -0.2) is 4.79 Å². The average molecular weight is 320 g/mol. The van der Waals surface area contributed by atoms with E-state index in [1.54, 1.807) is 7.05 Å². The minimum atomic E-state index is -0.828. The SMILES string of the molecule is CN(CC1CCCCN1CC(=O)O)C(=O)OCc1ccccc1. The molecule has 1 unspecified atom stereocenters. The molecular formula is C17H24N2O4. The lowest BCUT2D eigenvalue weighted by atomic mass is 10.0. The number of likely N-dealkylation sites (tertiary alicyclic amines) is 1. The van der Waals surface area contributed by atoms with E-state index in [4.69, 9.17) is 9.84 Å². The van der Waals surface area contributed by atoms with Gasteiger partial charge in [0.1, 0.15) is 6.61 Å². The number of nitrogens with zero attached hydrogens (tertiary/aromatic N) is 2. The zero-order valence-corrected chi connectivity index (χ0v) is 13.5. The Morgan fingerprint density at radius 3 is 2.74 bits per heavy atom. The van der Waals surface area contributed by atoms with Gasteiger partial charge < -0.3 is 14.7 Å². The van der Waals surface area contributed by atoms with E-state index in [9.17, 15) is 9.59 Å². The Bertz CT molecular complexity index is 521. The first-order chi connectivity index (χ1) is 11.1. The van der Waals surface area contributed by atoms with Gasteiger partial charge in [0.05, 0.1) is 6.54 Å². The summed E-state index contributed by atoms with van der Waals surface area (Å²) >= 11 is 0. The monoisotopic (exact) mass is 320 g/mol. The molecule has 1 fully saturated rings. The Balaban J connectivity index is 1.82. The number of hydrogen-bond donors (Lipinski definition) is 1. The largest absolute Gasteiger partial charge is 0.480 e. The van der Waals surface area contributed by atoms with Crippen LogP contribution in [0.5, 0.6) is 0 Å². The average Bonchev–Trinajstić information content (AvgIpc) is 2.55. The van der Waals surface area contributed by atoms with Crippen molar-refractivity contribution in [2.75, 3.05) is 26.7 Å². The van der Waals surface area contributed by atoms with Gasteiger partial charge in [-0.2, -0.15) is 0 Å². The molecule has 2 rings (SSSR count). The summed E-state index contributed by atoms with van der Waals surface area (Å²) in [6, 6.07) is 9.61. The molecule has 1 heterocycles. The molecule has 0 spiro atoms. The van der Waals surface area contributed by atoms with Gasteiger partial charge in [-0.1, -0.05) is 36.8 Å². The summed E-state index contributed by atoms with van der Waals surface area (Å²) in [4.78, 5) is 26.5. The van der Waals surface area contributed by atoms with Crippen molar-refractivity contribution >= 4 is 12.1 Å². The number of benzene rings is 1. The quantitative estimate of drug-likeness (QED) is 0.870. The molecule has 23 heavy (non-hydrogen) atoms. The first-order valence-corrected chi connectivity index (χ1v) is 7.94. The number of carbonyl (C=O) groups excluding carboxylic acids is 1. The van der Waals surface area contributed by atoms with Crippen molar-refractivity contribution in [1.29, 1.82) is 0 Å². The van der Waals surface area contributed by atoms with Gasteiger partial charge in [-0.3, -0.25) is 9.69 Å². The number of aliphatic carboxylic acids is 1. The number of likely N-dealkylation sites (N-methyl/N-ethyl adjacent to an activating group) is 1. The standard InChI is InChI=1S/C17H24N2O4/c1-18(17(22)23-13-14-7-3-2-4-8-14)11-15-9-5-6-10-19(15)12-16(20)21/h2-4,7-8,15H,5-6,9-13H2,1H3,(H,20,21). The summed E-state index contributed by atoms with van der Waals surface area (Å²) in [5, 5.41) is 8.99. The predicted molar refractivity (Wildman–Crippen MR) is 86.1 cm³/mol. The molecule has 0 saturated carbocycles. The molecule has 1 aromatic rings. The molecule has 1 amide bonds. The highest BCUT2D eigenvalue weighted by molar-refractivity contribution is 5.69. The summed E-state index contributed by atoms with van der Waals surface area (Å²) in [5.41, 5.74) is 0.944. The van der Waals surface area contributed by atoms with E-state index >= 15 is 0 Å². The number of hydrogen-bond acceptors (Lipinski definition) is 4. The van der Waals surface area contributed by atoms with Gasteiger partial charge in [0.15, 0.2) is 0 Å². The fourth-order valence-corrected chi connectivity index (χ4v) is 2.87. The normalized spacial score (nSPS) is 18.4. The molecule has 126 valence electrons. The Hall–Kier alpha value is -2.08. The van der Waals surface area contributed by atoms with Crippen LogP contribution in [0.3, 0.4) is 0 Å². The predicted octanol–water partition coefficient (Wildman–Crippen LogP) is 2.19. The van der Waals surface area contributed by atoms with E-state index in [2.05, 4.69) is 0 Å². The Kier molecular flexibility index (Phi) is 6.40. The molecule has 0 aromatic heterocycles. The molecule has 1 saturated heterocycles. The summed E-state index contributed by atoms with van der Waals surface area (Å²) in [6.45, 7) is 1.52. The van der Waals surface area contributed by atoms with Crippen molar-refractivity contribution in [2.45, 2.75) is 31.9 Å². The lowest BCUT2D eigenvalue weighted by molar-refractivity contribution is -0.139. The maximum Gasteiger partial charge on any atom is 0.409 e. The molecular weight excluding hydrogens is 296 g/mol. The zero-order valence-electron chi connectivity index (χ0n) is 13.5. The molecule has 0 radical (unpaired) electrons. The topological polar surface area (TPSA) is 70.1 Å². The van der Waals surface area contributed by atoms with Crippen LogP contribution in [-0.4, -0.2) is 59.7 Å². The number of carbonyl (C=O) groups is 2. The van der Waals surface area contributed by atoms with Gasteiger partial charge in [0.2, 0.25) is 0 Å². The Morgan fingerprint density at radius 2 is 2.04 bits per heavy atom. The number of carboxylic acids is 1. The number of rotatable bonds is 6. The van der Waals surface area contributed by atoms with E-state index in [-0.39, 0.29) is 25.3 Å². The summed E-state index contributed by atoms with van der Waals surface area (Å²) in [7, 11) is 1.70. The summed E-state index contributed by atoms with van der Waals surface area (Å²) in [5.74, 6) is -0.828. The molecule has 1 aromatic carbocycles. The first kappa shape index (κ1) is 17.3. The lowest BCUT2D eigenvalue weighted by Gasteiger charge is -2.36. The maximum atomic E-state index is 12.1. The fraction of sp³-hybridized carbons (Fsp3) is 0.529. The molecule has 6 heteroatoms. The number of ether oxygens (including phenoxy) is 1. The van der Waals surface area contributed by atoms with Crippen LogP contribution in [0.2, 0.25) is 0 Å². The molecule has 0 bridgehead atoms. The summed E-state index contributed by atoms with van der Waals surface area (Å²) < 4.78 is 5.30. The zero-order chi connectivity index (χ0) is 16.7. The number of amides is 1. The number of carboxylic acid groups (broad SMARTS) is 1. The van der Waals surface area contributed by atoms with Crippen molar-refractivity contribution in [2.24, 2.45) is 0 Å². The Morgan fingerprint density at radius 1 is 1.30 bits per heavy atom. The van der Waals surface area contributed by atoms with Gasteiger partial charge in [0, 0.05) is 19.6 Å². The van der Waals surface area contributed by atoms with Crippen molar-refractivity contribution in [3.05, 3.63) is 35.9 Å². The van der Waals surface area contributed by atoms with E-state index in [0.717, 1.165) is 31.4 Å². The second-order valence-electron chi connectivity index (χ2n) is 5.93. The molecule has 0 aliphatic carbocycles. The van der Waals surface area contributed by atoms with Crippen LogP contribution >= 0.6 is 0 Å². The molecule has 1 aliphatic rings. The highest BCUT2D eigenvalue weighted by Gasteiger charge is 2.26. The lowest BCUT2D eigenvalue weighted by Crippen LogP contribution is -2.49. The maximum absolute atomic E-state index is 12.1. The van der Waals surface area contributed by atoms with E-state index < -0.39 is 5.97 Å². The molecule has 1 N–H and O–H groups in total. The van der Waals surface area contributed by atoms with Crippen LogP contribution in [0, 0.1) is 0 Å². The molecule has 6 nitrogen and oxygen atoms in total. The van der Waals surface area contributed by atoms with Gasteiger partial charge in [0.25, 0.3) is 0 Å².